The molecule has 6 nitrogen and oxygen atoms in total. The lowest BCUT2D eigenvalue weighted by Crippen LogP contribution is -2.16. The lowest BCUT2D eigenvalue weighted by atomic mass is 10.1. The Bertz CT molecular complexity index is 713. The van der Waals surface area contributed by atoms with Crippen molar-refractivity contribution in [2.45, 2.75) is 0 Å². The van der Waals surface area contributed by atoms with Crippen molar-refractivity contribution in [3.05, 3.63) is 53.6 Å². The molecule has 1 amide bonds. The van der Waals surface area contributed by atoms with Gasteiger partial charge in [-0.2, -0.15) is 0 Å². The van der Waals surface area contributed by atoms with Gasteiger partial charge in [0.2, 0.25) is 0 Å². The lowest BCUT2D eigenvalue weighted by Gasteiger charge is -2.11. The molecule has 0 aliphatic carbocycles. The largest absolute Gasteiger partial charge is 0.497 e. The summed E-state index contributed by atoms with van der Waals surface area (Å²) in [4.78, 5) is 24.0. The van der Waals surface area contributed by atoms with Gasteiger partial charge in [0.25, 0.3) is 5.91 Å². The van der Waals surface area contributed by atoms with Crippen LogP contribution in [-0.4, -0.2) is 26.1 Å². The third-order valence-electron chi connectivity index (χ3n) is 3.08. The predicted octanol–water partition coefficient (Wildman–Crippen LogP) is 2.32. The van der Waals surface area contributed by atoms with E-state index in [1.807, 2.05) is 0 Å². The molecule has 0 saturated heterocycles. The van der Waals surface area contributed by atoms with Crippen molar-refractivity contribution in [2.24, 2.45) is 0 Å². The fraction of sp³-hybridized carbons (Fsp3) is 0.125. The van der Waals surface area contributed by atoms with E-state index in [4.69, 9.17) is 10.5 Å². The summed E-state index contributed by atoms with van der Waals surface area (Å²) in [7, 11) is 2.80. The monoisotopic (exact) mass is 300 g/mol. The van der Waals surface area contributed by atoms with Gasteiger partial charge in [0.05, 0.1) is 31.0 Å². The molecule has 0 atom stereocenters. The summed E-state index contributed by atoms with van der Waals surface area (Å²) >= 11 is 0. The molecule has 0 bridgehead atoms. The molecule has 0 radical (unpaired) electrons. The first-order valence-corrected chi connectivity index (χ1v) is 6.49. The lowest BCUT2D eigenvalue weighted by molar-refractivity contribution is 0.0602. The highest BCUT2D eigenvalue weighted by atomic mass is 16.5. The van der Waals surface area contributed by atoms with E-state index in [1.165, 1.54) is 14.2 Å². The highest BCUT2D eigenvalue weighted by Crippen LogP contribution is 2.22. The van der Waals surface area contributed by atoms with Crippen LogP contribution in [0.25, 0.3) is 0 Å². The Hall–Kier alpha value is -3.02. The maximum Gasteiger partial charge on any atom is 0.339 e. The quantitative estimate of drug-likeness (QED) is 0.668. The highest BCUT2D eigenvalue weighted by molar-refractivity contribution is 6.10. The molecule has 0 heterocycles. The Kier molecular flexibility index (Phi) is 4.63. The van der Waals surface area contributed by atoms with Crippen molar-refractivity contribution in [2.75, 3.05) is 25.3 Å². The normalized spacial score (nSPS) is 9.91. The Morgan fingerprint density at radius 2 is 1.77 bits per heavy atom. The number of hydrogen-bond acceptors (Lipinski definition) is 5. The zero-order valence-corrected chi connectivity index (χ0v) is 12.3. The molecule has 22 heavy (non-hydrogen) atoms. The molecule has 6 heteroatoms. The second-order valence-corrected chi connectivity index (χ2v) is 4.44. The number of benzene rings is 2. The van der Waals surface area contributed by atoms with E-state index in [9.17, 15) is 9.59 Å². The second-order valence-electron chi connectivity index (χ2n) is 4.44. The summed E-state index contributed by atoms with van der Waals surface area (Å²) in [6.07, 6.45) is 0. The van der Waals surface area contributed by atoms with Crippen molar-refractivity contribution in [1.29, 1.82) is 0 Å². The van der Waals surface area contributed by atoms with E-state index >= 15 is 0 Å². The van der Waals surface area contributed by atoms with Gasteiger partial charge >= 0.3 is 5.97 Å². The first kappa shape index (κ1) is 15.4. The molecule has 2 aromatic rings. The molecular formula is C16H16N2O4. The van der Waals surface area contributed by atoms with Gasteiger partial charge < -0.3 is 20.5 Å². The molecular weight excluding hydrogens is 284 g/mol. The van der Waals surface area contributed by atoms with E-state index in [0.717, 1.165) is 0 Å². The van der Waals surface area contributed by atoms with Gasteiger partial charge in [-0.25, -0.2) is 4.79 Å². The molecule has 0 spiro atoms. The van der Waals surface area contributed by atoms with Crippen molar-refractivity contribution in [3.8, 4) is 5.75 Å². The zero-order chi connectivity index (χ0) is 16.1. The number of para-hydroxylation sites is 1. The first-order chi connectivity index (χ1) is 10.6. The SMILES string of the molecule is COC(=O)c1ccccc1NC(=O)c1ccc(OC)cc1N. The minimum absolute atomic E-state index is 0.269. The van der Waals surface area contributed by atoms with Crippen molar-refractivity contribution < 1.29 is 19.1 Å². The number of anilines is 2. The molecule has 0 aromatic heterocycles. The molecule has 0 unspecified atom stereocenters. The predicted molar refractivity (Wildman–Crippen MR) is 83.1 cm³/mol. The smallest absolute Gasteiger partial charge is 0.339 e. The Morgan fingerprint density at radius 3 is 2.41 bits per heavy atom. The third-order valence-corrected chi connectivity index (χ3v) is 3.08. The molecule has 114 valence electrons. The number of carbonyl (C=O) groups excluding carboxylic acids is 2. The summed E-state index contributed by atoms with van der Waals surface area (Å²) in [6.45, 7) is 0. The van der Waals surface area contributed by atoms with Crippen molar-refractivity contribution >= 4 is 23.3 Å². The summed E-state index contributed by atoms with van der Waals surface area (Å²) in [6, 6.07) is 11.3. The Labute approximate surface area is 127 Å². The van der Waals surface area contributed by atoms with E-state index in [-0.39, 0.29) is 11.3 Å². The van der Waals surface area contributed by atoms with Crippen LogP contribution in [0.3, 0.4) is 0 Å². The highest BCUT2D eigenvalue weighted by Gasteiger charge is 2.16. The molecule has 2 rings (SSSR count). The average molecular weight is 300 g/mol. The van der Waals surface area contributed by atoms with E-state index in [1.54, 1.807) is 42.5 Å². The van der Waals surface area contributed by atoms with Gasteiger partial charge in [-0.15, -0.1) is 0 Å². The van der Waals surface area contributed by atoms with Crippen LogP contribution in [-0.2, 0) is 4.74 Å². The number of nitrogens with one attached hydrogen (secondary N) is 1. The fourth-order valence-corrected chi connectivity index (χ4v) is 1.94. The van der Waals surface area contributed by atoms with Crippen LogP contribution < -0.4 is 15.8 Å². The number of esters is 1. The second kappa shape index (κ2) is 6.62. The third kappa shape index (κ3) is 3.17. The van der Waals surface area contributed by atoms with Gasteiger partial charge in [0, 0.05) is 11.8 Å². The van der Waals surface area contributed by atoms with Crippen LogP contribution in [0.5, 0.6) is 5.75 Å². The summed E-state index contributed by atoms with van der Waals surface area (Å²) in [5, 5.41) is 2.66. The van der Waals surface area contributed by atoms with Crippen molar-refractivity contribution in [1.82, 2.24) is 0 Å². The van der Waals surface area contributed by atoms with Crippen LogP contribution in [0.1, 0.15) is 20.7 Å². The number of carbonyl (C=O) groups is 2. The Morgan fingerprint density at radius 1 is 1.05 bits per heavy atom. The van der Waals surface area contributed by atoms with Gasteiger partial charge in [0.15, 0.2) is 0 Å². The maximum absolute atomic E-state index is 12.3. The fourth-order valence-electron chi connectivity index (χ4n) is 1.94. The minimum Gasteiger partial charge on any atom is -0.497 e. The van der Waals surface area contributed by atoms with Gasteiger partial charge in [-0.3, -0.25) is 4.79 Å². The van der Waals surface area contributed by atoms with Crippen LogP contribution in [0.15, 0.2) is 42.5 Å². The van der Waals surface area contributed by atoms with Crippen LogP contribution in [0.4, 0.5) is 11.4 Å². The van der Waals surface area contributed by atoms with Gasteiger partial charge in [0.1, 0.15) is 5.75 Å². The van der Waals surface area contributed by atoms with Crippen LogP contribution >= 0.6 is 0 Å². The number of nitrogens with two attached hydrogens (primary N) is 1. The number of nitrogen functional groups attached to an aromatic ring is 1. The van der Waals surface area contributed by atoms with E-state index in [2.05, 4.69) is 10.1 Å². The topological polar surface area (TPSA) is 90.6 Å². The molecule has 3 N–H and O–H groups in total. The number of methoxy groups -OCH3 is 2. The number of ether oxygens (including phenoxy) is 2. The average Bonchev–Trinajstić information content (AvgIpc) is 2.54. The number of amides is 1. The summed E-state index contributed by atoms with van der Waals surface area (Å²) < 4.78 is 9.73. The number of rotatable bonds is 4. The molecule has 2 aromatic carbocycles. The van der Waals surface area contributed by atoms with Crippen molar-refractivity contribution in [3.63, 3.8) is 0 Å². The molecule has 0 saturated carbocycles. The van der Waals surface area contributed by atoms with E-state index in [0.29, 0.717) is 17.0 Å². The number of hydrogen-bond donors (Lipinski definition) is 2. The summed E-state index contributed by atoms with van der Waals surface area (Å²) in [5.41, 5.74) is 7.04. The molecule has 0 aliphatic rings. The van der Waals surface area contributed by atoms with Gasteiger partial charge in [-0.1, -0.05) is 12.1 Å². The molecule has 0 aliphatic heterocycles. The van der Waals surface area contributed by atoms with Crippen LogP contribution in [0, 0.1) is 0 Å². The molecule has 0 fully saturated rings. The first-order valence-electron chi connectivity index (χ1n) is 6.49. The standard InChI is InChI=1S/C16H16N2O4/c1-21-10-7-8-11(13(17)9-10)15(19)18-14-6-4-3-5-12(14)16(20)22-2/h3-9H,17H2,1-2H3,(H,18,19). The Balaban J connectivity index is 2.28. The maximum atomic E-state index is 12.3. The van der Waals surface area contributed by atoms with E-state index < -0.39 is 11.9 Å². The zero-order valence-electron chi connectivity index (χ0n) is 12.3. The minimum atomic E-state index is -0.529. The summed E-state index contributed by atoms with van der Waals surface area (Å²) in [5.74, 6) is -0.390. The van der Waals surface area contributed by atoms with Gasteiger partial charge in [-0.05, 0) is 24.3 Å². The van der Waals surface area contributed by atoms with Crippen LogP contribution in [0.2, 0.25) is 0 Å².